The normalized spacial score (nSPS) is 12.8. The number of carbonyl (C=O) groups excluding carboxylic acids is 1. The molecule has 0 saturated heterocycles. The summed E-state index contributed by atoms with van der Waals surface area (Å²) in [5, 5.41) is 4.28. The van der Waals surface area contributed by atoms with E-state index in [-0.39, 0.29) is 6.09 Å². The summed E-state index contributed by atoms with van der Waals surface area (Å²) in [4.78, 5) is 14.0. The van der Waals surface area contributed by atoms with Crippen molar-refractivity contribution in [2.24, 2.45) is 0 Å². The van der Waals surface area contributed by atoms with Crippen molar-refractivity contribution < 1.29 is 9.53 Å². The molecule has 0 bridgehead atoms. The van der Waals surface area contributed by atoms with E-state index >= 15 is 0 Å². The molecule has 180 valence electrons. The number of hydrogen-bond donors (Lipinski definition) is 0. The molecule has 0 aliphatic rings. The molecule has 3 nitrogen and oxygen atoms in total. The van der Waals surface area contributed by atoms with Crippen molar-refractivity contribution in [3.05, 3.63) is 101 Å². The molecule has 0 fully saturated rings. The monoisotopic (exact) mass is 587 g/mol. The van der Waals surface area contributed by atoms with E-state index < -0.39 is 12.9 Å². The van der Waals surface area contributed by atoms with E-state index in [9.17, 15) is 4.79 Å². The fourth-order valence-electron chi connectivity index (χ4n) is 4.24. The van der Waals surface area contributed by atoms with E-state index in [2.05, 4.69) is 120 Å². The molecule has 5 heteroatoms. The van der Waals surface area contributed by atoms with E-state index in [0.717, 1.165) is 22.7 Å². The molecule has 0 radical (unpaired) electrons. The number of allylic oxidation sites excluding steroid dienone is 1. The minimum atomic E-state index is -2.21. The fourth-order valence-corrected chi connectivity index (χ4v) is 9.64. The number of hydrogen-bond acceptors (Lipinski definition) is 2. The van der Waals surface area contributed by atoms with Crippen LogP contribution < -0.4 is 15.9 Å². The maximum atomic E-state index is 12.4. The van der Waals surface area contributed by atoms with Gasteiger partial charge in [0, 0.05) is 0 Å². The van der Waals surface area contributed by atoms with Crippen molar-refractivity contribution in [2.75, 3.05) is 13.2 Å². The van der Waals surface area contributed by atoms with Crippen LogP contribution in [0, 0.1) is 0 Å². The van der Waals surface area contributed by atoms with Crippen LogP contribution in [0.15, 0.2) is 101 Å². The molecule has 3 aromatic carbocycles. The summed E-state index contributed by atoms with van der Waals surface area (Å²) in [6.45, 7) is 5.66. The zero-order valence-electron chi connectivity index (χ0n) is 20.5. The summed E-state index contributed by atoms with van der Waals surface area (Å²) < 4.78 is 6.39. The molecular weight excluding hydrogens is 552 g/mol. The van der Waals surface area contributed by atoms with E-state index in [1.54, 1.807) is 11.9 Å². The van der Waals surface area contributed by atoms with E-state index in [4.69, 9.17) is 4.74 Å². The number of rotatable bonds is 8. The molecule has 0 atom stereocenters. The summed E-state index contributed by atoms with van der Waals surface area (Å²) in [5.41, 5.74) is -0.505. The SMILES string of the molecule is CN(C(=O)OC(C)(C)C)C(I)=CCCC[PH](c1ccccc1)(c1ccccc1)c1ccccc1. The minimum absolute atomic E-state index is 0.324. The molecule has 1 amide bonds. The molecule has 0 spiro atoms. The van der Waals surface area contributed by atoms with Gasteiger partial charge in [-0.3, -0.25) is 0 Å². The van der Waals surface area contributed by atoms with Crippen molar-refractivity contribution in [3.63, 3.8) is 0 Å². The molecule has 3 rings (SSSR count). The van der Waals surface area contributed by atoms with Crippen LogP contribution in [0.5, 0.6) is 0 Å². The molecule has 0 aliphatic heterocycles. The summed E-state index contributed by atoms with van der Waals surface area (Å²) in [6.07, 6.45) is 4.83. The Morgan fingerprint density at radius 2 is 1.26 bits per heavy atom. The van der Waals surface area contributed by atoms with Crippen LogP contribution in [-0.2, 0) is 4.74 Å². The van der Waals surface area contributed by atoms with Crippen molar-refractivity contribution in [1.82, 2.24) is 4.90 Å². The Balaban J connectivity index is 1.88. The van der Waals surface area contributed by atoms with E-state index in [1.807, 2.05) is 20.8 Å². The predicted molar refractivity (Wildman–Crippen MR) is 157 cm³/mol. The molecule has 34 heavy (non-hydrogen) atoms. The van der Waals surface area contributed by atoms with E-state index in [0.29, 0.717) is 0 Å². The molecular formula is C29H35INO2P. The van der Waals surface area contributed by atoms with Gasteiger partial charge in [0.05, 0.1) is 0 Å². The van der Waals surface area contributed by atoms with Gasteiger partial charge in [-0.2, -0.15) is 0 Å². The average molecular weight is 587 g/mol. The number of unbranched alkanes of at least 4 members (excludes halogenated alkanes) is 1. The fraction of sp³-hybridized carbons (Fsp3) is 0.276. The van der Waals surface area contributed by atoms with Gasteiger partial charge in [-0.25, -0.2) is 0 Å². The first kappa shape index (κ1) is 26.4. The van der Waals surface area contributed by atoms with Crippen molar-refractivity contribution in [2.45, 2.75) is 39.2 Å². The molecule has 0 aliphatic carbocycles. The number of nitrogens with zero attached hydrogens (tertiary/aromatic N) is 1. The van der Waals surface area contributed by atoms with Gasteiger partial charge in [0.2, 0.25) is 0 Å². The number of ether oxygens (including phenoxy) is 1. The predicted octanol–water partition coefficient (Wildman–Crippen LogP) is 6.64. The first-order valence-corrected chi connectivity index (χ1v) is 15.0. The molecule has 0 unspecified atom stereocenters. The second-order valence-electron chi connectivity index (χ2n) is 9.46. The number of halogens is 1. The van der Waals surface area contributed by atoms with Crippen LogP contribution in [0.3, 0.4) is 0 Å². The first-order chi connectivity index (χ1) is 16.2. The number of amides is 1. The third-order valence-corrected chi connectivity index (χ3v) is 12.1. The van der Waals surface area contributed by atoms with Gasteiger partial charge in [-0.15, -0.1) is 0 Å². The molecule has 3 aromatic rings. The van der Waals surface area contributed by atoms with Crippen LogP contribution in [0.4, 0.5) is 4.79 Å². The summed E-state index contributed by atoms with van der Waals surface area (Å²) >= 11 is 2.23. The summed E-state index contributed by atoms with van der Waals surface area (Å²) in [6, 6.07) is 33.0. The van der Waals surface area contributed by atoms with Crippen LogP contribution in [0.25, 0.3) is 0 Å². The zero-order chi connectivity index (χ0) is 24.6. The summed E-state index contributed by atoms with van der Waals surface area (Å²) in [7, 11) is -0.446. The Labute approximate surface area is 218 Å². The van der Waals surface area contributed by atoms with Gasteiger partial charge in [-0.1, -0.05) is 0 Å². The van der Waals surface area contributed by atoms with Gasteiger partial charge < -0.3 is 0 Å². The van der Waals surface area contributed by atoms with Crippen LogP contribution >= 0.6 is 29.9 Å². The number of benzene rings is 3. The van der Waals surface area contributed by atoms with Gasteiger partial charge in [-0.05, 0) is 0 Å². The van der Waals surface area contributed by atoms with Crippen LogP contribution in [-0.4, -0.2) is 29.8 Å². The summed E-state index contributed by atoms with van der Waals surface area (Å²) in [5.74, 6) is 0. The molecule has 0 heterocycles. The van der Waals surface area contributed by atoms with Crippen LogP contribution in [0.2, 0.25) is 0 Å². The third-order valence-electron chi connectivity index (χ3n) is 5.86. The Hall–Kier alpha value is -2.17. The molecule has 0 N–H and O–H groups in total. The second kappa shape index (κ2) is 12.0. The Morgan fingerprint density at radius 3 is 1.65 bits per heavy atom. The van der Waals surface area contributed by atoms with Gasteiger partial charge in [0.25, 0.3) is 0 Å². The van der Waals surface area contributed by atoms with Gasteiger partial charge >= 0.3 is 219 Å². The van der Waals surface area contributed by atoms with Gasteiger partial charge in [0.15, 0.2) is 0 Å². The Bertz CT molecular complexity index is 983. The van der Waals surface area contributed by atoms with Crippen molar-refractivity contribution in [1.29, 1.82) is 0 Å². The van der Waals surface area contributed by atoms with Crippen molar-refractivity contribution in [3.8, 4) is 0 Å². The Morgan fingerprint density at radius 1 is 0.853 bits per heavy atom. The topological polar surface area (TPSA) is 29.5 Å². The Kier molecular flexibility index (Phi) is 9.32. The quantitative estimate of drug-likeness (QED) is 0.128. The van der Waals surface area contributed by atoms with Crippen molar-refractivity contribution >= 4 is 51.9 Å². The van der Waals surface area contributed by atoms with Gasteiger partial charge in [0.1, 0.15) is 0 Å². The second-order valence-corrected chi connectivity index (χ2v) is 14.6. The average Bonchev–Trinajstić information content (AvgIpc) is 2.84. The maximum absolute atomic E-state index is 12.4. The third kappa shape index (κ3) is 6.70. The zero-order valence-corrected chi connectivity index (χ0v) is 23.7. The van der Waals surface area contributed by atoms with E-state index in [1.165, 1.54) is 15.9 Å². The van der Waals surface area contributed by atoms with Crippen LogP contribution in [0.1, 0.15) is 33.6 Å². The first-order valence-electron chi connectivity index (χ1n) is 11.7. The molecule has 0 saturated carbocycles. The standard InChI is InChI=1S/C29H35INO2P/c1-29(2,3)33-28(32)31(4)27(30)22-14-15-23-34(24-16-8-5-9-17-24,25-18-10-6-11-19-25)26-20-12-7-13-21-26/h5-13,16-22,34H,14-15,23H2,1-4H3. The molecule has 0 aromatic heterocycles. The number of carbonyl (C=O) groups is 1.